The fourth-order valence-electron chi connectivity index (χ4n) is 5.58. The fraction of sp³-hybridized carbons (Fsp3) is 0.300. The van der Waals surface area contributed by atoms with Gasteiger partial charge < -0.3 is 4.42 Å². The lowest BCUT2D eigenvalue weighted by Gasteiger charge is -2.29. The van der Waals surface area contributed by atoms with E-state index in [1.54, 1.807) is 0 Å². The molecule has 3 aromatic carbocycles. The minimum absolute atomic E-state index is 0.0105. The first kappa shape index (κ1) is 19.5. The number of rotatable bonds is 0. The molecule has 6 rings (SSSR count). The maximum absolute atomic E-state index is 6.67. The van der Waals surface area contributed by atoms with Crippen molar-refractivity contribution in [2.75, 3.05) is 0 Å². The SMILES string of the molecule is Cc1ccc2cc3c(cc2c1)C(C)(C)c1ccc(C(C)(C)C)c2oc4c(C)cnc-3c4c12. The molecular weight excluding hydrogens is 390 g/mol. The third-order valence-electron chi connectivity index (χ3n) is 7.36. The maximum Gasteiger partial charge on any atom is 0.142 e. The monoisotopic (exact) mass is 419 g/mol. The lowest BCUT2D eigenvalue weighted by atomic mass is 9.74. The van der Waals surface area contributed by atoms with Crippen LogP contribution in [0.5, 0.6) is 0 Å². The number of benzene rings is 3. The van der Waals surface area contributed by atoms with E-state index in [4.69, 9.17) is 9.40 Å². The first-order valence-corrected chi connectivity index (χ1v) is 11.5. The molecule has 0 spiro atoms. The molecule has 160 valence electrons. The lowest BCUT2D eigenvalue weighted by Crippen LogP contribution is -2.20. The van der Waals surface area contributed by atoms with Crippen LogP contribution in [0.25, 0.3) is 44.0 Å². The van der Waals surface area contributed by atoms with Gasteiger partial charge in [-0.15, -0.1) is 0 Å². The molecule has 0 unspecified atom stereocenters. The van der Waals surface area contributed by atoms with Crippen LogP contribution in [0.3, 0.4) is 0 Å². The van der Waals surface area contributed by atoms with Gasteiger partial charge >= 0.3 is 0 Å². The summed E-state index contributed by atoms with van der Waals surface area (Å²) in [5, 5.41) is 4.94. The summed E-state index contributed by atoms with van der Waals surface area (Å²) in [5.41, 5.74) is 10.3. The number of pyridine rings is 1. The summed E-state index contributed by atoms with van der Waals surface area (Å²) in [5.74, 6) is 0. The minimum atomic E-state index is -0.187. The van der Waals surface area contributed by atoms with Crippen LogP contribution in [0.2, 0.25) is 0 Å². The zero-order chi connectivity index (χ0) is 22.6. The Balaban J connectivity index is 1.87. The quantitative estimate of drug-likeness (QED) is 0.252. The smallest absolute Gasteiger partial charge is 0.142 e. The van der Waals surface area contributed by atoms with E-state index in [0.717, 1.165) is 22.4 Å². The van der Waals surface area contributed by atoms with Gasteiger partial charge in [-0.3, -0.25) is 4.98 Å². The molecule has 0 fully saturated rings. The van der Waals surface area contributed by atoms with E-state index < -0.39 is 0 Å². The zero-order valence-corrected chi connectivity index (χ0v) is 20.0. The first-order chi connectivity index (χ1) is 15.1. The Bertz CT molecular complexity index is 1590. The average molecular weight is 420 g/mol. The number of nitrogens with zero attached hydrogens (tertiary/aromatic N) is 1. The third kappa shape index (κ3) is 2.44. The summed E-state index contributed by atoms with van der Waals surface area (Å²) in [6.45, 7) is 15.7. The van der Waals surface area contributed by atoms with Gasteiger partial charge in [0.2, 0.25) is 0 Å². The van der Waals surface area contributed by atoms with E-state index in [9.17, 15) is 0 Å². The van der Waals surface area contributed by atoms with Crippen LogP contribution in [0.1, 0.15) is 62.4 Å². The van der Waals surface area contributed by atoms with E-state index in [0.29, 0.717) is 0 Å². The predicted octanol–water partition coefficient (Wildman–Crippen LogP) is 8.35. The van der Waals surface area contributed by atoms with E-state index in [2.05, 4.69) is 90.9 Å². The van der Waals surface area contributed by atoms with Crippen LogP contribution < -0.4 is 0 Å². The van der Waals surface area contributed by atoms with Gasteiger partial charge in [0.05, 0.1) is 11.1 Å². The summed E-state index contributed by atoms with van der Waals surface area (Å²) in [6, 6.07) is 16.0. The van der Waals surface area contributed by atoms with E-state index in [-0.39, 0.29) is 10.8 Å². The Morgan fingerprint density at radius 1 is 0.812 bits per heavy atom. The van der Waals surface area contributed by atoms with Crippen molar-refractivity contribution in [3.8, 4) is 11.3 Å². The van der Waals surface area contributed by atoms with Crippen molar-refractivity contribution in [1.82, 2.24) is 4.98 Å². The summed E-state index contributed by atoms with van der Waals surface area (Å²) in [7, 11) is 0. The summed E-state index contributed by atoms with van der Waals surface area (Å²) in [4.78, 5) is 5.01. The van der Waals surface area contributed by atoms with Crippen molar-refractivity contribution in [3.05, 3.63) is 76.5 Å². The van der Waals surface area contributed by atoms with Gasteiger partial charge in [-0.2, -0.15) is 0 Å². The first-order valence-electron chi connectivity index (χ1n) is 11.5. The number of fused-ring (bicyclic) bond motifs is 3. The molecule has 32 heavy (non-hydrogen) atoms. The van der Waals surface area contributed by atoms with Gasteiger partial charge in [0.15, 0.2) is 0 Å². The molecule has 0 atom stereocenters. The zero-order valence-electron chi connectivity index (χ0n) is 20.0. The Kier molecular flexibility index (Phi) is 3.67. The van der Waals surface area contributed by atoms with Crippen molar-refractivity contribution < 1.29 is 4.42 Å². The number of aryl methyl sites for hydroxylation is 2. The normalized spacial score (nSPS) is 15.0. The molecule has 0 aliphatic heterocycles. The Morgan fingerprint density at radius 2 is 1.59 bits per heavy atom. The van der Waals surface area contributed by atoms with Crippen LogP contribution in [0, 0.1) is 13.8 Å². The minimum Gasteiger partial charge on any atom is -0.455 e. The second-order valence-corrected chi connectivity index (χ2v) is 11.1. The molecule has 0 saturated carbocycles. The van der Waals surface area contributed by atoms with Gasteiger partial charge in [0, 0.05) is 33.7 Å². The van der Waals surface area contributed by atoms with Crippen molar-refractivity contribution >= 4 is 32.7 Å². The number of aromatic nitrogens is 1. The molecule has 0 saturated heterocycles. The summed E-state index contributed by atoms with van der Waals surface area (Å²) >= 11 is 0. The molecule has 0 radical (unpaired) electrons. The van der Waals surface area contributed by atoms with Gasteiger partial charge in [0.25, 0.3) is 0 Å². The van der Waals surface area contributed by atoms with Crippen molar-refractivity contribution in [1.29, 1.82) is 0 Å². The second kappa shape index (κ2) is 6.01. The molecule has 2 heteroatoms. The van der Waals surface area contributed by atoms with Crippen LogP contribution in [-0.4, -0.2) is 4.98 Å². The van der Waals surface area contributed by atoms with Crippen LogP contribution in [0.15, 0.2) is 53.1 Å². The average Bonchev–Trinajstić information content (AvgIpc) is 3.09. The molecule has 0 N–H and O–H groups in total. The standard InChI is InChI=1S/C30H29NO/c1-16-8-9-18-13-20-23(14-19(18)12-16)30(6,7)21-10-11-22(29(3,4)5)28-24(21)25-26(20)31-15-17(2)27(25)32-28/h8-15H,1-7H3. The number of furan rings is 1. The Morgan fingerprint density at radius 3 is 2.34 bits per heavy atom. The molecule has 1 aliphatic carbocycles. The van der Waals surface area contributed by atoms with Crippen LogP contribution in [0.4, 0.5) is 0 Å². The largest absolute Gasteiger partial charge is 0.455 e. The molecule has 2 heterocycles. The molecule has 0 bridgehead atoms. The van der Waals surface area contributed by atoms with Gasteiger partial charge in [-0.05, 0) is 53.3 Å². The lowest BCUT2D eigenvalue weighted by molar-refractivity contribution is 0.570. The highest BCUT2D eigenvalue weighted by Gasteiger charge is 2.36. The molecule has 1 aliphatic rings. The van der Waals surface area contributed by atoms with Gasteiger partial charge in [0.1, 0.15) is 11.2 Å². The van der Waals surface area contributed by atoms with Gasteiger partial charge in [-0.1, -0.05) is 70.5 Å². The van der Waals surface area contributed by atoms with Crippen molar-refractivity contribution in [2.24, 2.45) is 0 Å². The third-order valence-corrected chi connectivity index (χ3v) is 7.36. The Hall–Kier alpha value is -3.13. The van der Waals surface area contributed by atoms with Crippen LogP contribution >= 0.6 is 0 Å². The van der Waals surface area contributed by atoms with Crippen molar-refractivity contribution in [3.63, 3.8) is 0 Å². The molecule has 5 aromatic rings. The summed E-state index contributed by atoms with van der Waals surface area (Å²) < 4.78 is 6.67. The highest BCUT2D eigenvalue weighted by atomic mass is 16.3. The highest BCUT2D eigenvalue weighted by Crippen LogP contribution is 2.51. The molecule has 2 aromatic heterocycles. The topological polar surface area (TPSA) is 26.0 Å². The maximum atomic E-state index is 6.67. The number of hydrogen-bond donors (Lipinski definition) is 0. The van der Waals surface area contributed by atoms with E-state index in [1.165, 1.54) is 49.4 Å². The second-order valence-electron chi connectivity index (χ2n) is 11.1. The molecule has 2 nitrogen and oxygen atoms in total. The highest BCUT2D eigenvalue weighted by molar-refractivity contribution is 6.16. The number of hydrogen-bond acceptors (Lipinski definition) is 2. The van der Waals surface area contributed by atoms with Gasteiger partial charge in [-0.25, -0.2) is 0 Å². The van der Waals surface area contributed by atoms with Crippen molar-refractivity contribution in [2.45, 2.75) is 59.3 Å². The van der Waals surface area contributed by atoms with E-state index in [1.807, 2.05) is 6.20 Å². The molecule has 0 amide bonds. The Labute approximate surface area is 189 Å². The molecular formula is C30H29NO. The van der Waals surface area contributed by atoms with E-state index >= 15 is 0 Å². The summed E-state index contributed by atoms with van der Waals surface area (Å²) in [6.07, 6.45) is 1.97. The predicted molar refractivity (Wildman–Crippen MR) is 135 cm³/mol. The fourth-order valence-corrected chi connectivity index (χ4v) is 5.58. The van der Waals surface area contributed by atoms with Crippen LogP contribution in [-0.2, 0) is 10.8 Å².